The van der Waals surface area contributed by atoms with Crippen LogP contribution < -0.4 is 15.8 Å². The maximum absolute atomic E-state index is 11.2. The molecule has 0 bridgehead atoms. The normalized spacial score (nSPS) is 15.2. The fraction of sp³-hybridized carbons (Fsp3) is 0.562. The molecule has 0 unspecified atom stereocenters. The SMILES string of the molecule is COc1ccc(CN2CCC(CNC(=O)CN)CC2)cc1.Cl.Cl. The van der Waals surface area contributed by atoms with E-state index in [1.54, 1.807) is 7.11 Å². The number of carbonyl (C=O) groups excluding carboxylic acids is 1. The zero-order valence-electron chi connectivity index (χ0n) is 13.5. The van der Waals surface area contributed by atoms with E-state index in [2.05, 4.69) is 22.3 Å². The van der Waals surface area contributed by atoms with Crippen molar-refractivity contribution in [3.8, 4) is 5.75 Å². The number of amides is 1. The number of nitrogens with zero attached hydrogens (tertiary/aromatic N) is 1. The Labute approximate surface area is 150 Å². The molecule has 2 rings (SSSR count). The molecule has 0 aliphatic carbocycles. The molecule has 0 spiro atoms. The number of hydrogen-bond donors (Lipinski definition) is 2. The summed E-state index contributed by atoms with van der Waals surface area (Å²) >= 11 is 0. The molecule has 1 aromatic rings. The first-order valence-corrected chi connectivity index (χ1v) is 7.53. The van der Waals surface area contributed by atoms with Crippen molar-refractivity contribution >= 4 is 30.7 Å². The number of methoxy groups -OCH3 is 1. The molecule has 0 aromatic heterocycles. The van der Waals surface area contributed by atoms with Gasteiger partial charge in [0.05, 0.1) is 13.7 Å². The van der Waals surface area contributed by atoms with E-state index in [4.69, 9.17) is 10.5 Å². The van der Waals surface area contributed by atoms with Crippen LogP contribution in [0.2, 0.25) is 0 Å². The number of ether oxygens (including phenoxy) is 1. The van der Waals surface area contributed by atoms with Gasteiger partial charge < -0.3 is 15.8 Å². The van der Waals surface area contributed by atoms with Crippen molar-refractivity contribution in [2.75, 3.05) is 33.3 Å². The van der Waals surface area contributed by atoms with Crippen LogP contribution in [0.15, 0.2) is 24.3 Å². The number of likely N-dealkylation sites (tertiary alicyclic amines) is 1. The zero-order valence-corrected chi connectivity index (χ0v) is 15.1. The van der Waals surface area contributed by atoms with E-state index >= 15 is 0 Å². The van der Waals surface area contributed by atoms with Crippen molar-refractivity contribution in [1.82, 2.24) is 10.2 Å². The van der Waals surface area contributed by atoms with E-state index in [-0.39, 0.29) is 37.3 Å². The fourth-order valence-corrected chi connectivity index (χ4v) is 2.67. The van der Waals surface area contributed by atoms with Crippen LogP contribution in [0, 0.1) is 5.92 Å². The lowest BCUT2D eigenvalue weighted by atomic mass is 9.96. The molecule has 1 saturated heterocycles. The molecule has 1 aliphatic rings. The first-order chi connectivity index (χ1) is 10.2. The summed E-state index contributed by atoms with van der Waals surface area (Å²) in [5.74, 6) is 1.41. The Hall–Kier alpha value is -1.01. The Kier molecular flexibility index (Phi) is 11.0. The second-order valence-corrected chi connectivity index (χ2v) is 5.58. The molecule has 1 aromatic carbocycles. The first kappa shape index (κ1) is 22.0. The molecule has 1 amide bonds. The van der Waals surface area contributed by atoms with Crippen LogP contribution in [0.25, 0.3) is 0 Å². The minimum atomic E-state index is -0.0596. The lowest BCUT2D eigenvalue weighted by molar-refractivity contribution is -0.120. The summed E-state index contributed by atoms with van der Waals surface area (Å²) in [6.07, 6.45) is 2.25. The fourth-order valence-electron chi connectivity index (χ4n) is 2.67. The Morgan fingerprint density at radius 1 is 1.26 bits per heavy atom. The Balaban J connectivity index is 0.00000242. The smallest absolute Gasteiger partial charge is 0.233 e. The third-order valence-corrected chi connectivity index (χ3v) is 4.05. The van der Waals surface area contributed by atoms with Gasteiger partial charge in [0.2, 0.25) is 5.91 Å². The molecule has 0 saturated carbocycles. The molecular weight excluding hydrogens is 337 g/mol. The van der Waals surface area contributed by atoms with Gasteiger partial charge in [-0.2, -0.15) is 0 Å². The lowest BCUT2D eigenvalue weighted by Crippen LogP contribution is -2.39. The van der Waals surface area contributed by atoms with Crippen LogP contribution in [0.5, 0.6) is 5.75 Å². The highest BCUT2D eigenvalue weighted by molar-refractivity contribution is 5.85. The van der Waals surface area contributed by atoms with Crippen LogP contribution >= 0.6 is 24.8 Å². The highest BCUT2D eigenvalue weighted by atomic mass is 35.5. The number of nitrogens with two attached hydrogens (primary N) is 1. The predicted octanol–water partition coefficient (Wildman–Crippen LogP) is 1.83. The van der Waals surface area contributed by atoms with Crippen LogP contribution in [-0.2, 0) is 11.3 Å². The molecule has 0 radical (unpaired) electrons. The summed E-state index contributed by atoms with van der Waals surface area (Å²) in [7, 11) is 1.68. The molecule has 7 heteroatoms. The van der Waals surface area contributed by atoms with Gasteiger partial charge >= 0.3 is 0 Å². The minimum absolute atomic E-state index is 0. The molecule has 1 fully saturated rings. The van der Waals surface area contributed by atoms with Crippen LogP contribution in [0.1, 0.15) is 18.4 Å². The van der Waals surface area contributed by atoms with Crippen LogP contribution in [-0.4, -0.2) is 44.1 Å². The quantitative estimate of drug-likeness (QED) is 0.808. The molecule has 5 nitrogen and oxygen atoms in total. The third kappa shape index (κ3) is 7.40. The average molecular weight is 364 g/mol. The van der Waals surface area contributed by atoms with Crippen LogP contribution in [0.4, 0.5) is 0 Å². The predicted molar refractivity (Wildman–Crippen MR) is 97.6 cm³/mol. The molecule has 1 heterocycles. The molecule has 132 valence electrons. The number of piperidine rings is 1. The molecule has 3 N–H and O–H groups in total. The van der Waals surface area contributed by atoms with Crippen molar-refractivity contribution in [3.63, 3.8) is 0 Å². The number of hydrogen-bond acceptors (Lipinski definition) is 4. The minimum Gasteiger partial charge on any atom is -0.497 e. The van der Waals surface area contributed by atoms with Crippen molar-refractivity contribution < 1.29 is 9.53 Å². The summed E-state index contributed by atoms with van der Waals surface area (Å²) in [4.78, 5) is 13.6. The highest BCUT2D eigenvalue weighted by Crippen LogP contribution is 2.19. The Bertz CT molecular complexity index is 449. The second kappa shape index (κ2) is 11.5. The van der Waals surface area contributed by atoms with Crippen molar-refractivity contribution in [3.05, 3.63) is 29.8 Å². The van der Waals surface area contributed by atoms with Crippen molar-refractivity contribution in [2.24, 2.45) is 11.7 Å². The number of halogens is 2. The average Bonchev–Trinajstić information content (AvgIpc) is 2.54. The monoisotopic (exact) mass is 363 g/mol. The van der Waals surface area contributed by atoms with Crippen LogP contribution in [0.3, 0.4) is 0 Å². The molecule has 23 heavy (non-hydrogen) atoms. The molecule has 1 aliphatic heterocycles. The first-order valence-electron chi connectivity index (χ1n) is 7.53. The maximum Gasteiger partial charge on any atom is 0.233 e. The summed E-state index contributed by atoms with van der Waals surface area (Å²) in [6, 6.07) is 8.24. The van der Waals surface area contributed by atoms with Gasteiger partial charge in [0, 0.05) is 13.1 Å². The van der Waals surface area contributed by atoms with Gasteiger partial charge in [-0.1, -0.05) is 12.1 Å². The van der Waals surface area contributed by atoms with E-state index in [1.165, 1.54) is 5.56 Å². The number of carbonyl (C=O) groups is 1. The van der Waals surface area contributed by atoms with Gasteiger partial charge in [-0.3, -0.25) is 9.69 Å². The van der Waals surface area contributed by atoms with E-state index in [9.17, 15) is 4.79 Å². The summed E-state index contributed by atoms with van der Waals surface area (Å²) in [5, 5.41) is 2.88. The largest absolute Gasteiger partial charge is 0.497 e. The third-order valence-electron chi connectivity index (χ3n) is 4.05. The van der Waals surface area contributed by atoms with Gasteiger partial charge in [-0.15, -0.1) is 24.8 Å². The van der Waals surface area contributed by atoms with E-state index in [0.29, 0.717) is 5.92 Å². The summed E-state index contributed by atoms with van der Waals surface area (Å²) in [5.41, 5.74) is 6.60. The van der Waals surface area contributed by atoms with E-state index in [0.717, 1.165) is 44.8 Å². The number of nitrogens with one attached hydrogen (secondary N) is 1. The summed E-state index contributed by atoms with van der Waals surface area (Å²) < 4.78 is 5.17. The van der Waals surface area contributed by atoms with E-state index in [1.807, 2.05) is 12.1 Å². The maximum atomic E-state index is 11.2. The molecular formula is C16H27Cl2N3O2. The van der Waals surface area contributed by atoms with Gasteiger partial charge in [-0.05, 0) is 49.5 Å². The van der Waals surface area contributed by atoms with Gasteiger partial charge in [-0.25, -0.2) is 0 Å². The van der Waals surface area contributed by atoms with Crippen molar-refractivity contribution in [1.29, 1.82) is 0 Å². The zero-order chi connectivity index (χ0) is 15.1. The standard InChI is InChI=1S/C16H25N3O2.2ClH/c1-21-15-4-2-14(3-5-15)12-19-8-6-13(7-9-19)11-18-16(20)10-17;;/h2-5,13H,6-12,17H2,1H3,(H,18,20);2*1H. The Morgan fingerprint density at radius 3 is 2.39 bits per heavy atom. The number of rotatable bonds is 6. The second-order valence-electron chi connectivity index (χ2n) is 5.58. The highest BCUT2D eigenvalue weighted by Gasteiger charge is 2.19. The topological polar surface area (TPSA) is 67.6 Å². The lowest BCUT2D eigenvalue weighted by Gasteiger charge is -2.32. The van der Waals surface area contributed by atoms with Crippen molar-refractivity contribution in [2.45, 2.75) is 19.4 Å². The Morgan fingerprint density at radius 2 is 1.87 bits per heavy atom. The summed E-state index contributed by atoms with van der Waals surface area (Å²) in [6.45, 7) is 3.97. The molecule has 0 atom stereocenters. The van der Waals surface area contributed by atoms with E-state index < -0.39 is 0 Å². The van der Waals surface area contributed by atoms with Gasteiger partial charge in [0.15, 0.2) is 0 Å². The van der Waals surface area contributed by atoms with Gasteiger partial charge in [0.1, 0.15) is 5.75 Å². The number of benzene rings is 1. The van der Waals surface area contributed by atoms with Gasteiger partial charge in [0.25, 0.3) is 0 Å².